The molecule has 0 atom stereocenters. The molecule has 35 heavy (non-hydrogen) atoms. The fourth-order valence-electron chi connectivity index (χ4n) is 3.78. The first-order valence-electron chi connectivity index (χ1n) is 10.4. The Morgan fingerprint density at radius 3 is 2.49 bits per heavy atom. The van der Waals surface area contributed by atoms with Crippen molar-refractivity contribution in [2.24, 2.45) is 5.14 Å². The number of hydrogen-bond acceptors (Lipinski definition) is 7. The van der Waals surface area contributed by atoms with Crippen LogP contribution in [0, 0.1) is 0 Å². The molecule has 0 fully saturated rings. The van der Waals surface area contributed by atoms with E-state index in [2.05, 4.69) is 20.6 Å². The molecule has 174 valence electrons. The second-order valence-corrected chi connectivity index (χ2v) is 9.27. The standard InChI is InChI=1S/C24H19N7O3S/c25-21-13-27-12-16-11-18(9-10-19(16)21)31-22(14-28-30-31)24(32)29-17-7-5-15(6-8-17)20-3-1-2-4-23(20)35(26,33)34/h1-14H,25H2,(H,29,32)(H2,26,33,34). The van der Waals surface area contributed by atoms with E-state index < -0.39 is 15.9 Å². The molecule has 1 amide bonds. The highest BCUT2D eigenvalue weighted by Crippen LogP contribution is 2.28. The zero-order chi connectivity index (χ0) is 24.6. The Morgan fingerprint density at radius 1 is 0.943 bits per heavy atom. The molecule has 0 spiro atoms. The van der Waals surface area contributed by atoms with Crippen LogP contribution < -0.4 is 16.2 Å². The summed E-state index contributed by atoms with van der Waals surface area (Å²) in [6.45, 7) is 0. The van der Waals surface area contributed by atoms with Gasteiger partial charge in [-0.3, -0.25) is 9.78 Å². The molecule has 0 unspecified atom stereocenters. The third-order valence-electron chi connectivity index (χ3n) is 5.45. The Kier molecular flexibility index (Phi) is 5.47. The van der Waals surface area contributed by atoms with Gasteiger partial charge in [0.15, 0.2) is 5.69 Å². The molecular formula is C24H19N7O3S. The molecule has 2 heterocycles. The Morgan fingerprint density at radius 2 is 1.71 bits per heavy atom. The fraction of sp³-hybridized carbons (Fsp3) is 0. The van der Waals surface area contributed by atoms with Crippen molar-refractivity contribution in [1.29, 1.82) is 0 Å². The molecular weight excluding hydrogens is 466 g/mol. The number of benzene rings is 3. The van der Waals surface area contributed by atoms with Crippen LogP contribution in [0.3, 0.4) is 0 Å². The predicted molar refractivity (Wildman–Crippen MR) is 132 cm³/mol. The van der Waals surface area contributed by atoms with Crippen LogP contribution in [0.25, 0.3) is 27.6 Å². The van der Waals surface area contributed by atoms with Gasteiger partial charge in [0, 0.05) is 28.2 Å². The van der Waals surface area contributed by atoms with E-state index in [-0.39, 0.29) is 10.6 Å². The molecule has 0 aliphatic heterocycles. The SMILES string of the molecule is Nc1cncc2cc(-n3nncc3C(=O)Nc3ccc(-c4ccccc4S(N)(=O)=O)cc3)ccc12. The highest BCUT2D eigenvalue weighted by molar-refractivity contribution is 7.89. The molecule has 5 aromatic rings. The smallest absolute Gasteiger partial charge is 0.276 e. The molecule has 0 saturated carbocycles. The quantitative estimate of drug-likeness (QED) is 0.345. The highest BCUT2D eigenvalue weighted by atomic mass is 32.2. The average molecular weight is 486 g/mol. The predicted octanol–water partition coefficient (Wildman–Crippen LogP) is 2.96. The average Bonchev–Trinajstić information content (AvgIpc) is 3.34. The number of nitrogens with one attached hydrogen (secondary N) is 1. The van der Waals surface area contributed by atoms with Crippen molar-refractivity contribution in [1.82, 2.24) is 20.0 Å². The van der Waals surface area contributed by atoms with Crippen molar-refractivity contribution in [2.75, 3.05) is 11.1 Å². The molecule has 0 radical (unpaired) electrons. The number of nitrogens with two attached hydrogens (primary N) is 2. The number of anilines is 2. The maximum Gasteiger partial charge on any atom is 0.276 e. The molecule has 5 N–H and O–H groups in total. The first kappa shape index (κ1) is 22.2. The zero-order valence-corrected chi connectivity index (χ0v) is 19.0. The maximum atomic E-state index is 13.0. The van der Waals surface area contributed by atoms with E-state index in [0.29, 0.717) is 28.2 Å². The Balaban J connectivity index is 1.40. The van der Waals surface area contributed by atoms with Crippen LogP contribution in [0.15, 0.2) is 90.2 Å². The Hall–Kier alpha value is -4.61. The van der Waals surface area contributed by atoms with Gasteiger partial charge in [-0.15, -0.1) is 5.10 Å². The third-order valence-corrected chi connectivity index (χ3v) is 6.42. The third kappa shape index (κ3) is 4.33. The summed E-state index contributed by atoms with van der Waals surface area (Å²) >= 11 is 0. The number of rotatable bonds is 5. The van der Waals surface area contributed by atoms with Crippen LogP contribution in [-0.2, 0) is 10.0 Å². The molecule has 3 aromatic carbocycles. The summed E-state index contributed by atoms with van der Waals surface area (Å²) in [6, 6.07) is 18.7. The van der Waals surface area contributed by atoms with Gasteiger partial charge < -0.3 is 11.1 Å². The van der Waals surface area contributed by atoms with Gasteiger partial charge in [0.1, 0.15) is 0 Å². The van der Waals surface area contributed by atoms with Crippen molar-refractivity contribution >= 4 is 38.1 Å². The van der Waals surface area contributed by atoms with E-state index in [9.17, 15) is 13.2 Å². The fourth-order valence-corrected chi connectivity index (χ4v) is 4.54. The van der Waals surface area contributed by atoms with Crippen molar-refractivity contribution < 1.29 is 13.2 Å². The number of pyridine rings is 1. The zero-order valence-electron chi connectivity index (χ0n) is 18.2. The van der Waals surface area contributed by atoms with E-state index in [1.807, 2.05) is 12.1 Å². The largest absolute Gasteiger partial charge is 0.397 e. The summed E-state index contributed by atoms with van der Waals surface area (Å²) in [5.41, 5.74) is 9.00. The second-order valence-electron chi connectivity index (χ2n) is 7.74. The van der Waals surface area contributed by atoms with Gasteiger partial charge in [0.2, 0.25) is 10.0 Å². The number of aromatic nitrogens is 4. The van der Waals surface area contributed by atoms with Gasteiger partial charge in [0.25, 0.3) is 5.91 Å². The van der Waals surface area contributed by atoms with Crippen LogP contribution in [-0.4, -0.2) is 34.3 Å². The van der Waals surface area contributed by atoms with Crippen LogP contribution in [0.5, 0.6) is 0 Å². The van der Waals surface area contributed by atoms with Gasteiger partial charge in [-0.2, -0.15) is 0 Å². The summed E-state index contributed by atoms with van der Waals surface area (Å²) in [7, 11) is -3.89. The van der Waals surface area contributed by atoms with Gasteiger partial charge in [-0.05, 0) is 35.9 Å². The summed E-state index contributed by atoms with van der Waals surface area (Å²) in [5, 5.41) is 17.7. The second kappa shape index (κ2) is 8.63. The molecule has 0 bridgehead atoms. The van der Waals surface area contributed by atoms with E-state index in [1.165, 1.54) is 16.9 Å². The number of fused-ring (bicyclic) bond motifs is 1. The Bertz CT molecular complexity index is 1680. The van der Waals surface area contributed by atoms with Gasteiger partial charge in [-0.25, -0.2) is 18.2 Å². The van der Waals surface area contributed by atoms with E-state index in [4.69, 9.17) is 10.9 Å². The number of nitrogens with zero attached hydrogens (tertiary/aromatic N) is 4. The number of amides is 1. The van der Waals surface area contributed by atoms with Crippen molar-refractivity contribution in [3.63, 3.8) is 0 Å². The summed E-state index contributed by atoms with van der Waals surface area (Å²) in [5.74, 6) is -0.418. The summed E-state index contributed by atoms with van der Waals surface area (Å²) < 4.78 is 25.2. The molecule has 5 rings (SSSR count). The lowest BCUT2D eigenvalue weighted by molar-refractivity contribution is 0.101. The monoisotopic (exact) mass is 485 g/mol. The normalized spacial score (nSPS) is 11.5. The van der Waals surface area contributed by atoms with Crippen molar-refractivity contribution in [3.8, 4) is 16.8 Å². The topological polar surface area (TPSA) is 159 Å². The molecule has 2 aromatic heterocycles. The highest BCUT2D eigenvalue weighted by Gasteiger charge is 2.17. The number of hydrogen-bond donors (Lipinski definition) is 3. The lowest BCUT2D eigenvalue weighted by Gasteiger charge is -2.11. The first-order chi connectivity index (χ1) is 16.8. The van der Waals surface area contributed by atoms with Crippen molar-refractivity contribution in [2.45, 2.75) is 4.90 Å². The number of sulfonamides is 1. The number of primary sulfonamides is 1. The van der Waals surface area contributed by atoms with Gasteiger partial charge in [0.05, 0.1) is 28.7 Å². The molecule has 11 heteroatoms. The van der Waals surface area contributed by atoms with Crippen LogP contribution >= 0.6 is 0 Å². The lowest BCUT2D eigenvalue weighted by atomic mass is 10.1. The molecule has 0 saturated heterocycles. The number of carbonyl (C=O) groups is 1. The molecule has 0 aliphatic rings. The molecule has 10 nitrogen and oxygen atoms in total. The van der Waals surface area contributed by atoms with E-state index >= 15 is 0 Å². The lowest BCUT2D eigenvalue weighted by Crippen LogP contribution is -2.17. The minimum atomic E-state index is -3.89. The van der Waals surface area contributed by atoms with Gasteiger partial charge in [-0.1, -0.05) is 41.6 Å². The maximum absolute atomic E-state index is 13.0. The summed E-state index contributed by atoms with van der Waals surface area (Å²) in [6.07, 6.45) is 4.63. The first-order valence-corrected chi connectivity index (χ1v) is 11.9. The number of nitrogen functional groups attached to an aromatic ring is 1. The Labute approximate surface area is 200 Å². The van der Waals surface area contributed by atoms with Crippen molar-refractivity contribution in [3.05, 3.63) is 91.0 Å². The number of carbonyl (C=O) groups excluding carboxylic acids is 1. The minimum absolute atomic E-state index is 0.0269. The minimum Gasteiger partial charge on any atom is -0.397 e. The van der Waals surface area contributed by atoms with Gasteiger partial charge >= 0.3 is 0 Å². The van der Waals surface area contributed by atoms with E-state index in [0.717, 1.165) is 10.8 Å². The van der Waals surface area contributed by atoms with Crippen LogP contribution in [0.4, 0.5) is 11.4 Å². The van der Waals surface area contributed by atoms with Crippen LogP contribution in [0.2, 0.25) is 0 Å². The van der Waals surface area contributed by atoms with Crippen LogP contribution in [0.1, 0.15) is 10.5 Å². The van der Waals surface area contributed by atoms with E-state index in [1.54, 1.807) is 60.9 Å². The summed E-state index contributed by atoms with van der Waals surface area (Å²) in [4.78, 5) is 17.1. The molecule has 0 aliphatic carbocycles.